The molecule has 0 heterocycles. The Labute approximate surface area is 92.8 Å². The Bertz CT molecular complexity index is 254. The van der Waals surface area contributed by atoms with Crippen molar-refractivity contribution < 1.29 is 4.79 Å². The molecule has 0 saturated heterocycles. The topological polar surface area (TPSA) is 29.1 Å². The first-order valence-corrected chi connectivity index (χ1v) is 6.23. The fourth-order valence-electron chi connectivity index (χ4n) is 3.05. The van der Waals surface area contributed by atoms with Crippen LogP contribution in [-0.4, -0.2) is 12.5 Å². The van der Waals surface area contributed by atoms with Gasteiger partial charge in [0.2, 0.25) is 5.91 Å². The van der Waals surface area contributed by atoms with E-state index >= 15 is 0 Å². The fraction of sp³-hybridized carbons (Fsp3) is 0.923. The molecule has 0 aromatic heterocycles. The molecule has 2 rings (SSSR count). The van der Waals surface area contributed by atoms with Gasteiger partial charge in [0.05, 0.1) is 0 Å². The summed E-state index contributed by atoms with van der Waals surface area (Å²) >= 11 is 0. The molecular formula is C13H23NO. The first-order valence-electron chi connectivity index (χ1n) is 6.23. The second kappa shape index (κ2) is 3.80. The molecule has 3 atom stereocenters. The molecule has 2 heteroatoms. The quantitative estimate of drug-likeness (QED) is 0.744. The molecule has 1 N–H and O–H groups in total. The van der Waals surface area contributed by atoms with E-state index in [1.54, 1.807) is 0 Å². The molecule has 2 fully saturated rings. The third-order valence-electron chi connectivity index (χ3n) is 3.87. The average Bonchev–Trinajstić information content (AvgIpc) is 2.73. The van der Waals surface area contributed by atoms with Crippen LogP contribution in [0.1, 0.15) is 46.5 Å². The van der Waals surface area contributed by atoms with Crippen LogP contribution in [0.4, 0.5) is 0 Å². The van der Waals surface area contributed by atoms with Crippen molar-refractivity contribution in [3.8, 4) is 0 Å². The van der Waals surface area contributed by atoms with Crippen LogP contribution in [0.5, 0.6) is 0 Å². The van der Waals surface area contributed by atoms with E-state index in [-0.39, 0.29) is 5.41 Å². The van der Waals surface area contributed by atoms with Gasteiger partial charge in [-0.25, -0.2) is 0 Å². The molecular weight excluding hydrogens is 186 g/mol. The number of carbonyl (C=O) groups excluding carboxylic acids is 1. The molecule has 0 aromatic rings. The number of amides is 1. The Morgan fingerprint density at radius 1 is 1.27 bits per heavy atom. The summed E-state index contributed by atoms with van der Waals surface area (Å²) in [5.74, 6) is 2.22. The number of nitrogens with one attached hydrogen (secondary N) is 1. The van der Waals surface area contributed by atoms with Crippen LogP contribution in [0.15, 0.2) is 0 Å². The Hall–Kier alpha value is -0.530. The summed E-state index contributed by atoms with van der Waals surface area (Å²) in [7, 11) is 0. The first kappa shape index (κ1) is 11.0. The van der Waals surface area contributed by atoms with Gasteiger partial charge in [-0.05, 0) is 36.5 Å². The van der Waals surface area contributed by atoms with E-state index in [0.717, 1.165) is 18.9 Å². The minimum absolute atomic E-state index is 0.202. The number of rotatable bonds is 2. The zero-order chi connectivity index (χ0) is 11.1. The highest BCUT2D eigenvalue weighted by atomic mass is 16.1. The lowest BCUT2D eigenvalue weighted by Crippen LogP contribution is -2.38. The maximum absolute atomic E-state index is 12.0. The van der Waals surface area contributed by atoms with Crippen molar-refractivity contribution in [2.75, 3.05) is 6.54 Å². The molecule has 1 amide bonds. The van der Waals surface area contributed by atoms with Gasteiger partial charge in [-0.2, -0.15) is 0 Å². The highest BCUT2D eigenvalue weighted by Crippen LogP contribution is 2.48. The van der Waals surface area contributed by atoms with Crippen molar-refractivity contribution in [3.05, 3.63) is 0 Å². The largest absolute Gasteiger partial charge is 0.355 e. The van der Waals surface area contributed by atoms with E-state index in [2.05, 4.69) is 26.1 Å². The van der Waals surface area contributed by atoms with Crippen LogP contribution in [0.25, 0.3) is 0 Å². The van der Waals surface area contributed by atoms with Crippen molar-refractivity contribution in [2.24, 2.45) is 23.2 Å². The summed E-state index contributed by atoms with van der Waals surface area (Å²) in [5, 5.41) is 3.11. The molecule has 3 unspecified atom stereocenters. The molecule has 2 bridgehead atoms. The van der Waals surface area contributed by atoms with Gasteiger partial charge < -0.3 is 5.32 Å². The molecule has 2 saturated carbocycles. The Balaban J connectivity index is 1.82. The molecule has 2 aliphatic rings. The van der Waals surface area contributed by atoms with Crippen LogP contribution < -0.4 is 5.32 Å². The second-order valence-electron chi connectivity index (χ2n) is 6.56. The van der Waals surface area contributed by atoms with Gasteiger partial charge in [-0.15, -0.1) is 0 Å². The average molecular weight is 209 g/mol. The van der Waals surface area contributed by atoms with Crippen molar-refractivity contribution in [2.45, 2.75) is 46.5 Å². The van der Waals surface area contributed by atoms with Crippen molar-refractivity contribution >= 4 is 5.91 Å². The van der Waals surface area contributed by atoms with Crippen molar-refractivity contribution in [1.82, 2.24) is 5.32 Å². The Morgan fingerprint density at radius 3 is 2.47 bits per heavy atom. The minimum atomic E-state index is 0.202. The molecule has 0 aliphatic heterocycles. The highest BCUT2D eigenvalue weighted by molar-refractivity contribution is 5.79. The normalized spacial score (nSPS) is 34.5. The van der Waals surface area contributed by atoms with E-state index in [1.807, 2.05) is 0 Å². The lowest BCUT2D eigenvalue weighted by Gasteiger charge is -2.24. The zero-order valence-electron chi connectivity index (χ0n) is 10.2. The summed E-state index contributed by atoms with van der Waals surface area (Å²) in [5.41, 5.74) is 0.202. The minimum Gasteiger partial charge on any atom is -0.355 e. The van der Waals surface area contributed by atoms with Crippen LogP contribution in [0.2, 0.25) is 0 Å². The molecule has 2 aliphatic carbocycles. The lowest BCUT2D eigenvalue weighted by molar-refractivity contribution is -0.126. The third-order valence-corrected chi connectivity index (χ3v) is 3.87. The zero-order valence-corrected chi connectivity index (χ0v) is 10.2. The van der Waals surface area contributed by atoms with E-state index in [9.17, 15) is 4.79 Å². The maximum Gasteiger partial charge on any atom is 0.223 e. The summed E-state index contributed by atoms with van der Waals surface area (Å²) < 4.78 is 0. The molecule has 2 nitrogen and oxygen atoms in total. The van der Waals surface area contributed by atoms with Crippen LogP contribution in [0, 0.1) is 23.2 Å². The van der Waals surface area contributed by atoms with Gasteiger partial charge in [-0.1, -0.05) is 27.2 Å². The van der Waals surface area contributed by atoms with E-state index < -0.39 is 0 Å². The first-order chi connectivity index (χ1) is 6.96. The molecule has 0 spiro atoms. The molecule has 15 heavy (non-hydrogen) atoms. The molecule has 0 aromatic carbocycles. The van der Waals surface area contributed by atoms with Gasteiger partial charge in [0.25, 0.3) is 0 Å². The summed E-state index contributed by atoms with van der Waals surface area (Å²) in [4.78, 5) is 12.0. The van der Waals surface area contributed by atoms with E-state index in [4.69, 9.17) is 0 Å². The lowest BCUT2D eigenvalue weighted by atomic mass is 9.87. The predicted octanol–water partition coefficient (Wildman–Crippen LogP) is 2.58. The van der Waals surface area contributed by atoms with Gasteiger partial charge in [0.15, 0.2) is 0 Å². The second-order valence-corrected chi connectivity index (χ2v) is 6.56. The van der Waals surface area contributed by atoms with Gasteiger partial charge in [0, 0.05) is 12.5 Å². The van der Waals surface area contributed by atoms with E-state index in [1.165, 1.54) is 19.3 Å². The smallest absolute Gasteiger partial charge is 0.223 e. The highest BCUT2D eigenvalue weighted by Gasteiger charge is 2.42. The SMILES string of the molecule is CC(C)(C)CNC(=O)C1CC2CCC1C2. The van der Waals surface area contributed by atoms with Crippen molar-refractivity contribution in [1.29, 1.82) is 0 Å². The van der Waals surface area contributed by atoms with Crippen molar-refractivity contribution in [3.63, 3.8) is 0 Å². The van der Waals surface area contributed by atoms with Crippen LogP contribution in [-0.2, 0) is 4.79 Å². The summed E-state index contributed by atoms with van der Waals surface area (Å²) in [6, 6.07) is 0. The molecule has 0 radical (unpaired) electrons. The van der Waals surface area contributed by atoms with E-state index in [0.29, 0.717) is 17.7 Å². The number of hydrogen-bond donors (Lipinski definition) is 1. The summed E-state index contributed by atoms with van der Waals surface area (Å²) in [6.07, 6.45) is 5.13. The number of fused-ring (bicyclic) bond motifs is 2. The van der Waals surface area contributed by atoms with Crippen LogP contribution in [0.3, 0.4) is 0 Å². The predicted molar refractivity (Wildman–Crippen MR) is 61.4 cm³/mol. The van der Waals surface area contributed by atoms with Gasteiger partial charge in [0.1, 0.15) is 0 Å². The summed E-state index contributed by atoms with van der Waals surface area (Å²) in [6.45, 7) is 7.29. The van der Waals surface area contributed by atoms with Crippen LogP contribution >= 0.6 is 0 Å². The fourth-order valence-corrected chi connectivity index (χ4v) is 3.05. The maximum atomic E-state index is 12.0. The standard InChI is InChI=1S/C13H23NO/c1-13(2,3)8-14-12(15)11-7-9-4-5-10(11)6-9/h9-11H,4-8H2,1-3H3,(H,14,15). The third kappa shape index (κ3) is 2.53. The Morgan fingerprint density at radius 2 is 2.00 bits per heavy atom. The number of hydrogen-bond acceptors (Lipinski definition) is 1. The Kier molecular flexibility index (Phi) is 2.78. The number of carbonyl (C=O) groups is 1. The van der Waals surface area contributed by atoms with Gasteiger partial charge >= 0.3 is 0 Å². The molecule has 86 valence electrons. The monoisotopic (exact) mass is 209 g/mol. The van der Waals surface area contributed by atoms with Gasteiger partial charge in [-0.3, -0.25) is 4.79 Å².